The van der Waals surface area contributed by atoms with Crippen LogP contribution in [0.1, 0.15) is 37.8 Å². The molecule has 0 unspecified atom stereocenters. The summed E-state index contributed by atoms with van der Waals surface area (Å²) in [5.74, 6) is 0.953. The molecule has 100 valence electrons. The molecule has 1 N–H and O–H groups in total. The second-order valence-corrected chi connectivity index (χ2v) is 4.56. The maximum absolute atomic E-state index is 5.28. The van der Waals surface area contributed by atoms with Crippen LogP contribution >= 0.6 is 0 Å². The van der Waals surface area contributed by atoms with E-state index in [0.717, 1.165) is 25.3 Å². The molecule has 0 spiro atoms. The molecular weight excluding hydrogens is 222 g/mol. The number of aryl methyl sites for hydroxylation is 1. The molecule has 0 radical (unpaired) electrons. The molecule has 1 aromatic carbocycles. The first-order valence-electron chi connectivity index (χ1n) is 6.76. The first kappa shape index (κ1) is 14.8. The van der Waals surface area contributed by atoms with Crippen LogP contribution in [0.2, 0.25) is 0 Å². The van der Waals surface area contributed by atoms with E-state index in [1.54, 1.807) is 7.11 Å². The Bertz CT molecular complexity index is 396. The summed E-state index contributed by atoms with van der Waals surface area (Å²) in [7, 11) is 1.71. The molecule has 0 fully saturated rings. The number of rotatable bonds is 7. The summed E-state index contributed by atoms with van der Waals surface area (Å²) in [6, 6.07) is 6.32. The highest BCUT2D eigenvalue weighted by atomic mass is 16.5. The van der Waals surface area contributed by atoms with Gasteiger partial charge >= 0.3 is 0 Å². The average Bonchev–Trinajstić information content (AvgIpc) is 2.38. The van der Waals surface area contributed by atoms with E-state index < -0.39 is 0 Å². The zero-order valence-electron chi connectivity index (χ0n) is 12.0. The quantitative estimate of drug-likeness (QED) is 0.740. The molecule has 2 nitrogen and oxygen atoms in total. The minimum Gasteiger partial charge on any atom is -0.496 e. The van der Waals surface area contributed by atoms with E-state index in [4.69, 9.17) is 4.74 Å². The molecule has 0 saturated carbocycles. The van der Waals surface area contributed by atoms with Gasteiger partial charge in [0.15, 0.2) is 0 Å². The van der Waals surface area contributed by atoms with Crippen molar-refractivity contribution in [2.45, 2.75) is 33.6 Å². The van der Waals surface area contributed by atoms with Gasteiger partial charge in [0.2, 0.25) is 0 Å². The fourth-order valence-corrected chi connectivity index (χ4v) is 1.93. The van der Waals surface area contributed by atoms with Crippen LogP contribution in [0.25, 0.3) is 6.08 Å². The van der Waals surface area contributed by atoms with Gasteiger partial charge in [0.1, 0.15) is 5.75 Å². The fraction of sp³-hybridized carbons (Fsp3) is 0.500. The van der Waals surface area contributed by atoms with E-state index in [2.05, 4.69) is 44.3 Å². The van der Waals surface area contributed by atoms with E-state index in [-0.39, 0.29) is 0 Å². The topological polar surface area (TPSA) is 21.3 Å². The van der Waals surface area contributed by atoms with Crippen molar-refractivity contribution in [2.75, 3.05) is 20.2 Å². The second kappa shape index (κ2) is 7.93. The maximum Gasteiger partial charge on any atom is 0.121 e. The zero-order chi connectivity index (χ0) is 13.4. The highest BCUT2D eigenvalue weighted by molar-refractivity contribution is 5.56. The Morgan fingerprint density at radius 3 is 2.67 bits per heavy atom. The standard InChI is InChI=1S/C16H25NO/c1-5-9-17-12-14(6-2)11-15-7-8-16(18-4)13(3)10-15/h7-8,10-11,17H,5-6,9,12H2,1-4H3. The Morgan fingerprint density at radius 1 is 1.33 bits per heavy atom. The second-order valence-electron chi connectivity index (χ2n) is 4.56. The van der Waals surface area contributed by atoms with E-state index in [1.807, 2.05) is 6.07 Å². The van der Waals surface area contributed by atoms with Gasteiger partial charge < -0.3 is 10.1 Å². The molecule has 0 bridgehead atoms. The largest absolute Gasteiger partial charge is 0.496 e. The molecule has 18 heavy (non-hydrogen) atoms. The number of hydrogen-bond acceptors (Lipinski definition) is 2. The van der Waals surface area contributed by atoms with Gasteiger partial charge in [0, 0.05) is 6.54 Å². The van der Waals surface area contributed by atoms with Crippen molar-refractivity contribution in [1.82, 2.24) is 5.32 Å². The molecule has 0 aliphatic rings. The smallest absolute Gasteiger partial charge is 0.121 e. The Balaban J connectivity index is 2.75. The van der Waals surface area contributed by atoms with Crippen molar-refractivity contribution in [1.29, 1.82) is 0 Å². The van der Waals surface area contributed by atoms with E-state index in [0.29, 0.717) is 0 Å². The monoisotopic (exact) mass is 247 g/mol. The van der Waals surface area contributed by atoms with Crippen LogP contribution in [0, 0.1) is 6.92 Å². The molecule has 0 amide bonds. The molecule has 0 aliphatic carbocycles. The average molecular weight is 247 g/mol. The summed E-state index contributed by atoms with van der Waals surface area (Å²) < 4.78 is 5.28. The minimum atomic E-state index is 0.953. The molecule has 0 atom stereocenters. The lowest BCUT2D eigenvalue weighted by atomic mass is 10.1. The van der Waals surface area contributed by atoms with Crippen molar-refractivity contribution in [3.63, 3.8) is 0 Å². The van der Waals surface area contributed by atoms with Crippen LogP contribution in [-0.2, 0) is 0 Å². The predicted molar refractivity (Wildman–Crippen MR) is 79.2 cm³/mol. The van der Waals surface area contributed by atoms with Gasteiger partial charge in [-0.2, -0.15) is 0 Å². The van der Waals surface area contributed by atoms with Crippen LogP contribution in [0.5, 0.6) is 5.75 Å². The summed E-state index contributed by atoms with van der Waals surface area (Å²) >= 11 is 0. The van der Waals surface area contributed by atoms with E-state index >= 15 is 0 Å². The Kier molecular flexibility index (Phi) is 6.51. The number of ether oxygens (including phenoxy) is 1. The molecule has 2 heteroatoms. The van der Waals surface area contributed by atoms with Crippen molar-refractivity contribution >= 4 is 6.08 Å². The lowest BCUT2D eigenvalue weighted by Gasteiger charge is -2.08. The maximum atomic E-state index is 5.28. The molecule has 0 aromatic heterocycles. The third kappa shape index (κ3) is 4.53. The van der Waals surface area contributed by atoms with Crippen LogP contribution in [0.15, 0.2) is 23.8 Å². The third-order valence-electron chi connectivity index (χ3n) is 3.02. The van der Waals surface area contributed by atoms with Gasteiger partial charge in [-0.05, 0) is 49.6 Å². The van der Waals surface area contributed by atoms with Gasteiger partial charge in [-0.15, -0.1) is 0 Å². The van der Waals surface area contributed by atoms with Gasteiger partial charge in [0.25, 0.3) is 0 Å². The molecule has 1 rings (SSSR count). The van der Waals surface area contributed by atoms with E-state index in [9.17, 15) is 0 Å². The Morgan fingerprint density at radius 2 is 2.11 bits per heavy atom. The number of nitrogens with one attached hydrogen (secondary N) is 1. The summed E-state index contributed by atoms with van der Waals surface area (Å²) in [5, 5.41) is 3.45. The molecule has 1 aromatic rings. The van der Waals surface area contributed by atoms with Gasteiger partial charge in [-0.3, -0.25) is 0 Å². The lowest BCUT2D eigenvalue weighted by molar-refractivity contribution is 0.411. The third-order valence-corrected chi connectivity index (χ3v) is 3.02. The summed E-state index contributed by atoms with van der Waals surface area (Å²) in [4.78, 5) is 0. The Labute approximate surface area is 111 Å². The van der Waals surface area contributed by atoms with Crippen LogP contribution < -0.4 is 10.1 Å². The van der Waals surface area contributed by atoms with Crippen molar-refractivity contribution < 1.29 is 4.74 Å². The Hall–Kier alpha value is -1.28. The van der Waals surface area contributed by atoms with Crippen molar-refractivity contribution in [3.8, 4) is 5.75 Å². The number of benzene rings is 1. The van der Waals surface area contributed by atoms with Crippen molar-refractivity contribution in [2.24, 2.45) is 0 Å². The van der Waals surface area contributed by atoms with Gasteiger partial charge in [-0.25, -0.2) is 0 Å². The summed E-state index contributed by atoms with van der Waals surface area (Å²) in [5.41, 5.74) is 3.87. The minimum absolute atomic E-state index is 0.953. The first-order valence-corrected chi connectivity index (χ1v) is 6.76. The fourth-order valence-electron chi connectivity index (χ4n) is 1.93. The SMILES string of the molecule is CCCNCC(=Cc1ccc(OC)c(C)c1)CC. The normalized spacial score (nSPS) is 11.7. The summed E-state index contributed by atoms with van der Waals surface area (Å²) in [6.07, 6.45) is 4.54. The highest BCUT2D eigenvalue weighted by Gasteiger charge is 2.00. The number of methoxy groups -OCH3 is 1. The zero-order valence-corrected chi connectivity index (χ0v) is 12.0. The molecular formula is C16H25NO. The number of hydrogen-bond donors (Lipinski definition) is 1. The highest BCUT2D eigenvalue weighted by Crippen LogP contribution is 2.20. The molecule has 0 aliphatic heterocycles. The lowest BCUT2D eigenvalue weighted by Crippen LogP contribution is -2.17. The van der Waals surface area contributed by atoms with Crippen LogP contribution in [0.3, 0.4) is 0 Å². The summed E-state index contributed by atoms with van der Waals surface area (Å²) in [6.45, 7) is 8.54. The van der Waals surface area contributed by atoms with E-state index in [1.165, 1.54) is 23.1 Å². The van der Waals surface area contributed by atoms with Crippen LogP contribution in [0.4, 0.5) is 0 Å². The first-order chi connectivity index (χ1) is 8.71. The van der Waals surface area contributed by atoms with Crippen LogP contribution in [-0.4, -0.2) is 20.2 Å². The molecule has 0 heterocycles. The predicted octanol–water partition coefficient (Wildman–Crippen LogP) is 3.80. The van der Waals surface area contributed by atoms with Gasteiger partial charge in [0.05, 0.1) is 7.11 Å². The van der Waals surface area contributed by atoms with Crippen molar-refractivity contribution in [3.05, 3.63) is 34.9 Å². The van der Waals surface area contributed by atoms with Gasteiger partial charge in [-0.1, -0.05) is 31.6 Å². The molecule has 0 saturated heterocycles.